The summed E-state index contributed by atoms with van der Waals surface area (Å²) in [6.45, 7) is 13.3. The van der Waals surface area contributed by atoms with E-state index in [2.05, 4.69) is 69.9 Å². The number of hydrogen-bond acceptors (Lipinski definition) is 3. The SMILES string of the molecule is C.COC(C)(C)[C@]1(C)CN(C)C[C@@]1(C)c1ccc2c(C)nn(C)c2c1. The fraction of sp³-hybridized carbons (Fsp3) is 0.667. The van der Waals surface area contributed by atoms with E-state index in [4.69, 9.17) is 4.74 Å². The third-order valence-electron chi connectivity index (χ3n) is 6.90. The second-order valence-corrected chi connectivity index (χ2v) is 8.49. The van der Waals surface area contributed by atoms with Gasteiger partial charge in [0.1, 0.15) is 0 Å². The molecule has 2 aromatic rings. The third kappa shape index (κ3) is 2.61. The van der Waals surface area contributed by atoms with Gasteiger partial charge in [0.25, 0.3) is 0 Å². The van der Waals surface area contributed by atoms with Crippen LogP contribution < -0.4 is 0 Å². The van der Waals surface area contributed by atoms with E-state index in [0.717, 1.165) is 18.8 Å². The van der Waals surface area contributed by atoms with Gasteiger partial charge < -0.3 is 9.64 Å². The van der Waals surface area contributed by atoms with E-state index in [1.807, 2.05) is 18.8 Å². The molecule has 4 nitrogen and oxygen atoms in total. The highest BCUT2D eigenvalue weighted by Crippen LogP contribution is 2.54. The Balaban J connectivity index is 0.00000225. The Morgan fingerprint density at radius 3 is 2.40 bits per heavy atom. The van der Waals surface area contributed by atoms with E-state index in [-0.39, 0.29) is 23.9 Å². The standard InChI is InChI=1S/C20H31N3O.CH4/c1-14-16-10-9-15(11-17(16)23(7)21-14)19(4)12-22(6)13-20(19,5)18(2,3)24-8;/h9-11H,12-13H2,1-8H3;1H4/t19-,20-;/m0./s1. The summed E-state index contributed by atoms with van der Waals surface area (Å²) in [5, 5.41) is 5.82. The van der Waals surface area contributed by atoms with E-state index in [1.54, 1.807) is 0 Å². The van der Waals surface area contributed by atoms with Crippen LogP contribution in [0.4, 0.5) is 0 Å². The predicted molar refractivity (Wildman–Crippen MR) is 106 cm³/mol. The Morgan fingerprint density at radius 1 is 1.16 bits per heavy atom. The van der Waals surface area contributed by atoms with Crippen molar-refractivity contribution in [3.05, 3.63) is 29.5 Å². The fourth-order valence-electron chi connectivity index (χ4n) is 4.76. The van der Waals surface area contributed by atoms with E-state index < -0.39 is 0 Å². The summed E-state index contributed by atoms with van der Waals surface area (Å²) in [6, 6.07) is 6.86. The molecule has 0 radical (unpaired) electrons. The molecule has 140 valence electrons. The van der Waals surface area contributed by atoms with Crippen LogP contribution in [0.2, 0.25) is 0 Å². The fourth-order valence-corrected chi connectivity index (χ4v) is 4.76. The number of aromatic nitrogens is 2. The van der Waals surface area contributed by atoms with Gasteiger partial charge in [0.05, 0.1) is 16.8 Å². The third-order valence-corrected chi connectivity index (χ3v) is 6.90. The lowest BCUT2D eigenvalue weighted by molar-refractivity contribution is -0.0978. The molecule has 1 fully saturated rings. The molecular weight excluding hydrogens is 310 g/mol. The summed E-state index contributed by atoms with van der Waals surface area (Å²) >= 11 is 0. The Bertz CT molecular complexity index is 779. The van der Waals surface area contributed by atoms with Gasteiger partial charge in [0.2, 0.25) is 0 Å². The van der Waals surface area contributed by atoms with Gasteiger partial charge in [-0.25, -0.2) is 0 Å². The molecule has 0 saturated carbocycles. The molecule has 0 bridgehead atoms. The highest BCUT2D eigenvalue weighted by atomic mass is 16.5. The van der Waals surface area contributed by atoms with Gasteiger partial charge in [-0.05, 0) is 39.4 Å². The van der Waals surface area contributed by atoms with Crippen LogP contribution in [0.15, 0.2) is 18.2 Å². The quantitative estimate of drug-likeness (QED) is 0.837. The molecule has 2 heterocycles. The Kier molecular flexibility index (Phi) is 4.86. The van der Waals surface area contributed by atoms with Gasteiger partial charge >= 0.3 is 0 Å². The Hall–Kier alpha value is -1.39. The van der Waals surface area contributed by atoms with Crippen LogP contribution in [0.1, 0.15) is 46.4 Å². The van der Waals surface area contributed by atoms with Crippen LogP contribution in [0.25, 0.3) is 10.9 Å². The first-order valence-electron chi connectivity index (χ1n) is 8.73. The van der Waals surface area contributed by atoms with Crippen molar-refractivity contribution in [2.75, 3.05) is 27.2 Å². The Labute approximate surface area is 153 Å². The highest BCUT2D eigenvalue weighted by molar-refractivity contribution is 5.82. The number of hydrogen-bond donors (Lipinski definition) is 0. The molecule has 0 spiro atoms. The molecule has 1 aromatic heterocycles. The minimum absolute atomic E-state index is 0. The van der Waals surface area contributed by atoms with Crippen LogP contribution in [0.5, 0.6) is 0 Å². The van der Waals surface area contributed by atoms with Crippen molar-refractivity contribution in [1.82, 2.24) is 14.7 Å². The summed E-state index contributed by atoms with van der Waals surface area (Å²) in [5.74, 6) is 0. The molecule has 3 rings (SSSR count). The van der Waals surface area contributed by atoms with Gasteiger partial charge in [0, 0.05) is 43.5 Å². The maximum absolute atomic E-state index is 5.96. The highest BCUT2D eigenvalue weighted by Gasteiger charge is 2.59. The molecule has 0 unspecified atom stereocenters. The average molecular weight is 346 g/mol. The number of likely N-dealkylation sites (N-methyl/N-ethyl adjacent to an activating group) is 1. The maximum atomic E-state index is 5.96. The topological polar surface area (TPSA) is 30.3 Å². The smallest absolute Gasteiger partial charge is 0.0697 e. The van der Waals surface area contributed by atoms with Crippen molar-refractivity contribution in [1.29, 1.82) is 0 Å². The zero-order valence-corrected chi connectivity index (χ0v) is 16.4. The lowest BCUT2D eigenvalue weighted by Gasteiger charge is -2.50. The molecule has 0 N–H and O–H groups in total. The summed E-state index contributed by atoms with van der Waals surface area (Å²) in [7, 11) is 6.07. The molecule has 2 atom stereocenters. The van der Waals surface area contributed by atoms with Crippen molar-refractivity contribution in [3.8, 4) is 0 Å². The average Bonchev–Trinajstić information content (AvgIpc) is 2.94. The van der Waals surface area contributed by atoms with Crippen molar-refractivity contribution in [2.45, 2.75) is 53.1 Å². The molecule has 1 saturated heterocycles. The van der Waals surface area contributed by atoms with Gasteiger partial charge in [-0.1, -0.05) is 33.4 Å². The second kappa shape index (κ2) is 6.10. The number of methoxy groups -OCH3 is 1. The van der Waals surface area contributed by atoms with Crippen LogP contribution >= 0.6 is 0 Å². The van der Waals surface area contributed by atoms with E-state index in [1.165, 1.54) is 16.5 Å². The number of likely N-dealkylation sites (tertiary alicyclic amines) is 1. The Morgan fingerprint density at radius 2 is 1.80 bits per heavy atom. The molecule has 25 heavy (non-hydrogen) atoms. The number of nitrogens with zero attached hydrogens (tertiary/aromatic N) is 3. The summed E-state index contributed by atoms with van der Waals surface area (Å²) < 4.78 is 7.96. The minimum Gasteiger partial charge on any atom is -0.378 e. The zero-order chi connectivity index (χ0) is 17.9. The van der Waals surface area contributed by atoms with Crippen molar-refractivity contribution >= 4 is 10.9 Å². The van der Waals surface area contributed by atoms with E-state index in [9.17, 15) is 0 Å². The number of aryl methyl sites for hydroxylation is 2. The van der Waals surface area contributed by atoms with Crippen molar-refractivity contribution in [3.63, 3.8) is 0 Å². The van der Waals surface area contributed by atoms with Crippen LogP contribution in [0.3, 0.4) is 0 Å². The summed E-state index contributed by atoms with van der Waals surface area (Å²) in [4.78, 5) is 2.43. The summed E-state index contributed by atoms with van der Waals surface area (Å²) in [6.07, 6.45) is 0. The molecular formula is C21H35N3O. The van der Waals surface area contributed by atoms with Gasteiger partial charge in [-0.2, -0.15) is 5.10 Å². The lowest BCUT2D eigenvalue weighted by atomic mass is 9.57. The lowest BCUT2D eigenvalue weighted by Crippen LogP contribution is -2.55. The second-order valence-electron chi connectivity index (χ2n) is 8.49. The zero-order valence-electron chi connectivity index (χ0n) is 16.4. The van der Waals surface area contributed by atoms with Crippen molar-refractivity contribution < 1.29 is 4.74 Å². The molecule has 1 aromatic carbocycles. The minimum atomic E-state index is -0.218. The van der Waals surface area contributed by atoms with E-state index in [0.29, 0.717) is 0 Å². The summed E-state index contributed by atoms with van der Waals surface area (Å²) in [5.41, 5.74) is 3.46. The normalized spacial score (nSPS) is 27.7. The molecule has 0 amide bonds. The monoisotopic (exact) mass is 345 g/mol. The van der Waals surface area contributed by atoms with E-state index >= 15 is 0 Å². The van der Waals surface area contributed by atoms with Gasteiger partial charge in [0.15, 0.2) is 0 Å². The molecule has 1 aliphatic heterocycles. The molecule has 0 aliphatic carbocycles. The van der Waals surface area contributed by atoms with Crippen LogP contribution in [-0.4, -0.2) is 47.5 Å². The van der Waals surface area contributed by atoms with Crippen molar-refractivity contribution in [2.24, 2.45) is 12.5 Å². The largest absolute Gasteiger partial charge is 0.378 e. The van der Waals surface area contributed by atoms with Gasteiger partial charge in [-0.15, -0.1) is 0 Å². The number of benzene rings is 1. The predicted octanol–water partition coefficient (Wildman–Crippen LogP) is 4.15. The molecule has 4 heteroatoms. The number of ether oxygens (including phenoxy) is 1. The van der Waals surface area contributed by atoms with Crippen LogP contribution in [0, 0.1) is 12.3 Å². The first-order valence-corrected chi connectivity index (χ1v) is 8.73. The van der Waals surface area contributed by atoms with Crippen LogP contribution in [-0.2, 0) is 17.2 Å². The number of fused-ring (bicyclic) bond motifs is 1. The number of rotatable bonds is 3. The first kappa shape index (κ1) is 19.9. The van der Waals surface area contributed by atoms with Gasteiger partial charge in [-0.3, -0.25) is 4.68 Å². The first-order chi connectivity index (χ1) is 11.1. The maximum Gasteiger partial charge on any atom is 0.0697 e. The molecule has 1 aliphatic rings.